The Labute approximate surface area is 141 Å². The number of anilines is 1. The summed E-state index contributed by atoms with van der Waals surface area (Å²) < 4.78 is 0.943. The first-order chi connectivity index (χ1) is 10.4. The summed E-state index contributed by atoms with van der Waals surface area (Å²) in [6.45, 7) is 1.85. The molecule has 1 aromatic heterocycles. The summed E-state index contributed by atoms with van der Waals surface area (Å²) in [4.78, 5) is 28.2. The Morgan fingerprint density at radius 2 is 2.09 bits per heavy atom. The maximum Gasteiger partial charge on any atom is 0.270 e. The number of rotatable bonds is 4. The van der Waals surface area contributed by atoms with Gasteiger partial charge >= 0.3 is 0 Å². The van der Waals surface area contributed by atoms with Gasteiger partial charge in [0.15, 0.2) is 0 Å². The largest absolute Gasteiger partial charge is 0.356 e. The normalized spacial score (nSPS) is 10.4. The Hall–Kier alpha value is -1.79. The molecule has 0 saturated heterocycles. The Balaban J connectivity index is 1.98. The fourth-order valence-corrected chi connectivity index (χ4v) is 2.58. The number of aryl methyl sites for hydroxylation is 1. The molecule has 0 aliphatic heterocycles. The summed E-state index contributed by atoms with van der Waals surface area (Å²) in [5.41, 5.74) is 2.00. The van der Waals surface area contributed by atoms with Crippen LogP contribution in [-0.2, 0) is 4.79 Å². The maximum atomic E-state index is 12.1. The molecule has 1 heterocycles. The highest BCUT2D eigenvalue weighted by molar-refractivity contribution is 9.10. The minimum Gasteiger partial charge on any atom is -0.356 e. The first-order valence-electron chi connectivity index (χ1n) is 6.52. The van der Waals surface area contributed by atoms with E-state index in [1.165, 1.54) is 17.2 Å². The first kappa shape index (κ1) is 16.6. The van der Waals surface area contributed by atoms with Gasteiger partial charge in [0.2, 0.25) is 5.91 Å². The molecule has 0 aliphatic carbocycles. The van der Waals surface area contributed by atoms with Crippen molar-refractivity contribution in [2.75, 3.05) is 18.9 Å². The van der Waals surface area contributed by atoms with E-state index in [2.05, 4.69) is 26.2 Å². The zero-order valence-electron chi connectivity index (χ0n) is 12.1. The van der Waals surface area contributed by atoms with Crippen molar-refractivity contribution < 1.29 is 9.59 Å². The first-order valence-corrected chi connectivity index (χ1v) is 7.69. The van der Waals surface area contributed by atoms with Crippen LogP contribution in [0.2, 0.25) is 5.02 Å². The van der Waals surface area contributed by atoms with Gasteiger partial charge in [-0.3, -0.25) is 9.59 Å². The van der Waals surface area contributed by atoms with Gasteiger partial charge in [-0.15, -0.1) is 0 Å². The van der Waals surface area contributed by atoms with Crippen LogP contribution >= 0.6 is 27.5 Å². The highest BCUT2D eigenvalue weighted by Crippen LogP contribution is 2.20. The van der Waals surface area contributed by atoms with E-state index >= 15 is 0 Å². The summed E-state index contributed by atoms with van der Waals surface area (Å²) in [7, 11) is 1.56. The lowest BCUT2D eigenvalue weighted by molar-refractivity contribution is -0.116. The summed E-state index contributed by atoms with van der Waals surface area (Å²) in [6, 6.07) is 7.09. The Kier molecular flexibility index (Phi) is 5.26. The van der Waals surface area contributed by atoms with Crippen molar-refractivity contribution >= 4 is 45.0 Å². The average molecular weight is 385 g/mol. The van der Waals surface area contributed by atoms with Crippen LogP contribution in [0.15, 0.2) is 34.9 Å². The van der Waals surface area contributed by atoms with Gasteiger partial charge in [-0.25, -0.2) is 0 Å². The molecule has 0 unspecified atom stereocenters. The highest BCUT2D eigenvalue weighted by Gasteiger charge is 2.16. The van der Waals surface area contributed by atoms with Gasteiger partial charge < -0.3 is 15.2 Å². The monoisotopic (exact) mass is 383 g/mol. The molecule has 0 radical (unpaired) electrons. The lowest BCUT2D eigenvalue weighted by Gasteiger charge is -2.16. The molecule has 1 aromatic carbocycles. The van der Waals surface area contributed by atoms with E-state index in [0.29, 0.717) is 10.7 Å². The zero-order valence-corrected chi connectivity index (χ0v) is 14.5. The number of halogens is 2. The van der Waals surface area contributed by atoms with Gasteiger partial charge in [0, 0.05) is 23.4 Å². The van der Waals surface area contributed by atoms with Crippen molar-refractivity contribution in [3.8, 4) is 0 Å². The molecule has 2 rings (SSSR count). The van der Waals surface area contributed by atoms with Gasteiger partial charge in [-0.2, -0.15) is 0 Å². The summed E-state index contributed by atoms with van der Waals surface area (Å²) in [5, 5.41) is 3.24. The topological polar surface area (TPSA) is 65.2 Å². The molecule has 0 bridgehead atoms. The van der Waals surface area contributed by atoms with Crippen molar-refractivity contribution in [2.45, 2.75) is 6.92 Å². The molecule has 0 spiro atoms. The molecule has 0 fully saturated rings. The number of nitrogens with one attached hydrogen (secondary N) is 2. The van der Waals surface area contributed by atoms with Crippen LogP contribution in [0.3, 0.4) is 0 Å². The molecule has 22 heavy (non-hydrogen) atoms. The zero-order chi connectivity index (χ0) is 16.3. The van der Waals surface area contributed by atoms with E-state index < -0.39 is 0 Å². The van der Waals surface area contributed by atoms with Crippen molar-refractivity contribution in [3.63, 3.8) is 0 Å². The van der Waals surface area contributed by atoms with Crippen LogP contribution in [0.25, 0.3) is 0 Å². The fourth-order valence-electron chi connectivity index (χ4n) is 1.94. The van der Waals surface area contributed by atoms with E-state index in [9.17, 15) is 9.59 Å². The Bertz CT molecular complexity index is 715. The summed E-state index contributed by atoms with van der Waals surface area (Å²) in [5.74, 6) is -0.562. The van der Waals surface area contributed by atoms with E-state index in [1.54, 1.807) is 7.05 Å². The molecule has 2 N–H and O–H groups in total. The number of aromatic amines is 1. The smallest absolute Gasteiger partial charge is 0.270 e. The quantitative estimate of drug-likeness (QED) is 0.848. The van der Waals surface area contributed by atoms with Crippen LogP contribution in [0.1, 0.15) is 16.1 Å². The molecule has 116 valence electrons. The third-order valence-electron chi connectivity index (χ3n) is 3.07. The van der Waals surface area contributed by atoms with Gasteiger partial charge in [0.25, 0.3) is 5.91 Å². The number of aromatic nitrogens is 1. The molecule has 0 aliphatic rings. The van der Waals surface area contributed by atoms with Crippen LogP contribution < -0.4 is 5.32 Å². The van der Waals surface area contributed by atoms with Crippen LogP contribution in [0.5, 0.6) is 0 Å². The van der Waals surface area contributed by atoms with Crippen molar-refractivity contribution in [1.29, 1.82) is 0 Å². The van der Waals surface area contributed by atoms with E-state index in [4.69, 9.17) is 11.6 Å². The van der Waals surface area contributed by atoms with E-state index in [-0.39, 0.29) is 18.4 Å². The fraction of sp³-hybridized carbons (Fsp3) is 0.200. The molecular formula is C15H15BrClN3O2. The third kappa shape index (κ3) is 4.11. The molecule has 0 saturated carbocycles. The number of hydrogen-bond acceptors (Lipinski definition) is 2. The minimum atomic E-state index is -0.297. The van der Waals surface area contributed by atoms with Crippen molar-refractivity contribution in [3.05, 3.63) is 51.2 Å². The molecule has 7 heteroatoms. The molecule has 2 aromatic rings. The minimum absolute atomic E-state index is 0.0506. The van der Waals surface area contributed by atoms with Crippen LogP contribution in [-0.4, -0.2) is 35.3 Å². The Morgan fingerprint density at radius 3 is 2.68 bits per heavy atom. The second kappa shape index (κ2) is 6.98. The van der Waals surface area contributed by atoms with Crippen molar-refractivity contribution in [1.82, 2.24) is 9.88 Å². The maximum absolute atomic E-state index is 12.1. The lowest BCUT2D eigenvalue weighted by atomic mass is 10.2. The number of carbonyl (C=O) groups excluding carboxylic acids is 2. The number of carbonyl (C=O) groups is 2. The second-order valence-electron chi connectivity index (χ2n) is 4.90. The molecule has 0 atom stereocenters. The molecular weight excluding hydrogens is 370 g/mol. The van der Waals surface area contributed by atoms with E-state index in [0.717, 1.165) is 15.7 Å². The number of likely N-dealkylation sites (N-methyl/N-ethyl adjacent to an activating group) is 1. The number of benzene rings is 1. The van der Waals surface area contributed by atoms with Crippen LogP contribution in [0, 0.1) is 6.92 Å². The molecule has 5 nitrogen and oxygen atoms in total. The predicted octanol–water partition coefficient (Wildman–Crippen LogP) is 3.45. The van der Waals surface area contributed by atoms with Crippen LogP contribution in [0.4, 0.5) is 5.69 Å². The van der Waals surface area contributed by atoms with Gasteiger partial charge in [0.1, 0.15) is 5.69 Å². The van der Waals surface area contributed by atoms with Gasteiger partial charge in [0.05, 0.1) is 11.6 Å². The standard InChI is InChI=1S/C15H15BrClN3O2/c1-9-5-10(16)3-4-12(9)19-14(21)8-20(2)15(22)13-6-11(17)7-18-13/h3-7,18H,8H2,1-2H3,(H,19,21). The number of amides is 2. The molecule has 2 amide bonds. The van der Waals surface area contributed by atoms with E-state index in [1.807, 2.05) is 25.1 Å². The number of hydrogen-bond donors (Lipinski definition) is 2. The third-order valence-corrected chi connectivity index (χ3v) is 3.78. The highest BCUT2D eigenvalue weighted by atomic mass is 79.9. The number of H-pyrrole nitrogens is 1. The Morgan fingerprint density at radius 1 is 1.36 bits per heavy atom. The summed E-state index contributed by atoms with van der Waals surface area (Å²) in [6.07, 6.45) is 1.52. The second-order valence-corrected chi connectivity index (χ2v) is 6.25. The summed E-state index contributed by atoms with van der Waals surface area (Å²) >= 11 is 9.14. The lowest BCUT2D eigenvalue weighted by Crippen LogP contribution is -2.35. The van der Waals surface area contributed by atoms with Gasteiger partial charge in [-0.1, -0.05) is 27.5 Å². The SMILES string of the molecule is Cc1cc(Br)ccc1NC(=O)CN(C)C(=O)c1cc(Cl)c[nH]1. The average Bonchev–Trinajstić information content (AvgIpc) is 2.87. The number of nitrogens with zero attached hydrogens (tertiary/aromatic N) is 1. The van der Waals surface area contributed by atoms with Gasteiger partial charge in [-0.05, 0) is 36.8 Å². The predicted molar refractivity (Wildman–Crippen MR) is 90.3 cm³/mol. The van der Waals surface area contributed by atoms with Crippen molar-refractivity contribution in [2.24, 2.45) is 0 Å².